The monoisotopic (exact) mass is 440 g/mol. The highest BCUT2D eigenvalue weighted by Gasteiger charge is 2.38. The van der Waals surface area contributed by atoms with Crippen LogP contribution in [0.4, 0.5) is 18.0 Å². The van der Waals surface area contributed by atoms with Crippen molar-refractivity contribution in [2.45, 2.75) is 37.7 Å². The van der Waals surface area contributed by atoms with Crippen LogP contribution in [0.15, 0.2) is 24.3 Å². The van der Waals surface area contributed by atoms with Crippen LogP contribution >= 0.6 is 0 Å². The highest BCUT2D eigenvalue weighted by atomic mass is 19.4. The maximum Gasteiger partial charge on any atom is 0.416 e. The first-order chi connectivity index (χ1) is 14.7. The van der Waals surface area contributed by atoms with Crippen LogP contribution < -0.4 is 5.32 Å². The smallest absolute Gasteiger partial charge is 0.366 e. The van der Waals surface area contributed by atoms with E-state index in [1.54, 1.807) is 4.90 Å². The number of nitrogens with zero attached hydrogens (tertiary/aromatic N) is 3. The van der Waals surface area contributed by atoms with Gasteiger partial charge in [-0.2, -0.15) is 13.2 Å². The van der Waals surface area contributed by atoms with Crippen molar-refractivity contribution in [2.24, 2.45) is 0 Å². The molecule has 1 aromatic rings. The highest BCUT2D eigenvalue weighted by Crippen LogP contribution is 2.31. The lowest BCUT2D eigenvalue weighted by Gasteiger charge is -2.44. The Morgan fingerprint density at radius 2 is 1.77 bits per heavy atom. The van der Waals surface area contributed by atoms with E-state index >= 15 is 0 Å². The fourth-order valence-corrected chi connectivity index (χ4v) is 4.54. The largest absolute Gasteiger partial charge is 0.416 e. The van der Waals surface area contributed by atoms with Crippen LogP contribution in [0.2, 0.25) is 0 Å². The highest BCUT2D eigenvalue weighted by molar-refractivity contribution is 5.79. The molecule has 1 unspecified atom stereocenters. The van der Waals surface area contributed by atoms with Crippen molar-refractivity contribution >= 4 is 11.9 Å². The van der Waals surface area contributed by atoms with Gasteiger partial charge in [0.05, 0.1) is 17.7 Å². The Hall–Kier alpha value is -2.33. The van der Waals surface area contributed by atoms with Gasteiger partial charge in [0.2, 0.25) is 5.91 Å². The molecule has 4 rings (SSSR count). The normalized spacial score (nSPS) is 26.3. The number of piperazine rings is 1. The molecule has 170 valence electrons. The van der Waals surface area contributed by atoms with Gasteiger partial charge in [-0.1, -0.05) is 12.1 Å². The molecular weight excluding hydrogens is 413 g/mol. The van der Waals surface area contributed by atoms with Crippen LogP contribution in [0.1, 0.15) is 30.5 Å². The number of piperidine rings is 1. The third-order valence-electron chi connectivity index (χ3n) is 6.45. The molecule has 1 N–H and O–H groups in total. The zero-order valence-corrected chi connectivity index (χ0v) is 17.4. The Kier molecular flexibility index (Phi) is 6.11. The molecule has 0 radical (unpaired) electrons. The van der Waals surface area contributed by atoms with E-state index in [1.807, 2.05) is 11.8 Å². The van der Waals surface area contributed by atoms with Crippen molar-refractivity contribution in [1.29, 1.82) is 0 Å². The molecule has 1 aromatic carbocycles. The molecule has 3 aliphatic heterocycles. The summed E-state index contributed by atoms with van der Waals surface area (Å²) in [5.74, 6) is -0.151. The average Bonchev–Trinajstić information content (AvgIpc) is 2.77. The third-order valence-corrected chi connectivity index (χ3v) is 6.45. The number of nitrogens with one attached hydrogen (secondary N) is 1. The van der Waals surface area contributed by atoms with Crippen LogP contribution in [0, 0.1) is 0 Å². The van der Waals surface area contributed by atoms with Crippen LogP contribution in [-0.2, 0) is 15.7 Å². The van der Waals surface area contributed by atoms with Gasteiger partial charge in [-0.3, -0.25) is 9.69 Å². The van der Waals surface area contributed by atoms with Gasteiger partial charge in [0, 0.05) is 45.3 Å². The Labute approximate surface area is 179 Å². The van der Waals surface area contributed by atoms with E-state index in [2.05, 4.69) is 10.2 Å². The maximum absolute atomic E-state index is 13.0. The summed E-state index contributed by atoms with van der Waals surface area (Å²) in [5.41, 5.74) is 0.171. The van der Waals surface area contributed by atoms with Crippen LogP contribution in [0.5, 0.6) is 0 Å². The Bertz CT molecular complexity index is 809. The van der Waals surface area contributed by atoms with E-state index in [4.69, 9.17) is 4.74 Å². The van der Waals surface area contributed by atoms with Gasteiger partial charge in [-0.25, -0.2) is 4.79 Å². The van der Waals surface area contributed by atoms with Crippen molar-refractivity contribution in [3.8, 4) is 0 Å². The summed E-state index contributed by atoms with van der Waals surface area (Å²) in [6.45, 7) is 5.48. The van der Waals surface area contributed by atoms with Gasteiger partial charge >= 0.3 is 12.2 Å². The number of urea groups is 1. The Balaban J connectivity index is 1.30. The summed E-state index contributed by atoms with van der Waals surface area (Å²) in [5, 5.41) is 2.90. The topological polar surface area (TPSA) is 65.1 Å². The average molecular weight is 440 g/mol. The van der Waals surface area contributed by atoms with Gasteiger partial charge in [-0.15, -0.1) is 0 Å². The summed E-state index contributed by atoms with van der Waals surface area (Å²) in [7, 11) is 0. The van der Waals surface area contributed by atoms with Crippen LogP contribution in [0.25, 0.3) is 0 Å². The number of carbonyl (C=O) groups is 2. The molecular formula is C21H27F3N4O3. The standard InChI is InChI=1S/C21H27F3N4O3/c1-14(15-2-4-16(5-3-15)21(22,23)24)26-8-10-27(11-9-26)20(30)28-7-6-18-17(12-28)25-19(29)13-31-18/h2-5,14,17-18H,6-13H2,1H3,(H,25,29)/t14?,17-,18+/m1/s1. The van der Waals surface area contributed by atoms with E-state index < -0.39 is 11.7 Å². The van der Waals surface area contributed by atoms with E-state index in [0.29, 0.717) is 45.7 Å². The van der Waals surface area contributed by atoms with Gasteiger partial charge in [0.15, 0.2) is 0 Å². The van der Waals surface area contributed by atoms with Crippen molar-refractivity contribution in [1.82, 2.24) is 20.0 Å². The Morgan fingerprint density at radius 1 is 1.10 bits per heavy atom. The molecule has 7 nitrogen and oxygen atoms in total. The second-order valence-electron chi connectivity index (χ2n) is 8.36. The molecule has 0 bridgehead atoms. The predicted molar refractivity (Wildman–Crippen MR) is 106 cm³/mol. The SMILES string of the molecule is CC(c1ccc(C(F)(F)F)cc1)N1CCN(C(=O)N2CC[C@@H]3OCC(=O)N[C@@H]3C2)CC1. The molecule has 3 fully saturated rings. The summed E-state index contributed by atoms with van der Waals surface area (Å²) in [6.07, 6.45) is -3.68. The molecule has 3 heterocycles. The summed E-state index contributed by atoms with van der Waals surface area (Å²) < 4.78 is 43.9. The molecule has 3 atom stereocenters. The molecule has 0 aliphatic carbocycles. The predicted octanol–water partition coefficient (Wildman–Crippen LogP) is 2.09. The number of fused-ring (bicyclic) bond motifs is 1. The summed E-state index contributed by atoms with van der Waals surface area (Å²) in [6, 6.07) is 5.03. The molecule has 3 saturated heterocycles. The van der Waals surface area contributed by atoms with Crippen molar-refractivity contribution < 1.29 is 27.5 Å². The number of morpholine rings is 1. The van der Waals surface area contributed by atoms with E-state index in [-0.39, 0.29) is 36.7 Å². The zero-order chi connectivity index (χ0) is 22.2. The zero-order valence-electron chi connectivity index (χ0n) is 17.4. The first kappa shape index (κ1) is 21.9. The quantitative estimate of drug-likeness (QED) is 0.765. The molecule has 3 aliphatic rings. The number of alkyl halides is 3. The number of benzene rings is 1. The fourth-order valence-electron chi connectivity index (χ4n) is 4.54. The number of likely N-dealkylation sites (tertiary alicyclic amines) is 1. The van der Waals surface area contributed by atoms with E-state index in [1.165, 1.54) is 12.1 Å². The van der Waals surface area contributed by atoms with Gasteiger partial charge < -0.3 is 19.9 Å². The number of rotatable bonds is 2. The minimum absolute atomic E-state index is 0.0371. The lowest BCUT2D eigenvalue weighted by molar-refractivity contribution is -0.140. The van der Waals surface area contributed by atoms with Gasteiger partial charge in [-0.05, 0) is 31.0 Å². The van der Waals surface area contributed by atoms with Crippen LogP contribution in [-0.4, -0.2) is 84.7 Å². The van der Waals surface area contributed by atoms with Crippen molar-refractivity contribution in [3.63, 3.8) is 0 Å². The molecule has 0 saturated carbocycles. The molecule has 0 spiro atoms. The second-order valence-corrected chi connectivity index (χ2v) is 8.36. The first-order valence-electron chi connectivity index (χ1n) is 10.6. The van der Waals surface area contributed by atoms with Gasteiger partial charge in [0.1, 0.15) is 6.61 Å². The minimum atomic E-state index is -4.34. The second kappa shape index (κ2) is 8.66. The lowest BCUT2D eigenvalue weighted by Crippen LogP contribution is -2.63. The van der Waals surface area contributed by atoms with Crippen molar-refractivity contribution in [3.05, 3.63) is 35.4 Å². The maximum atomic E-state index is 13.0. The number of hydrogen-bond donors (Lipinski definition) is 1. The van der Waals surface area contributed by atoms with E-state index in [9.17, 15) is 22.8 Å². The van der Waals surface area contributed by atoms with Crippen LogP contribution in [0.3, 0.4) is 0 Å². The third kappa shape index (κ3) is 4.79. The number of amides is 3. The summed E-state index contributed by atoms with van der Waals surface area (Å²) in [4.78, 5) is 30.3. The fraction of sp³-hybridized carbons (Fsp3) is 0.619. The first-order valence-corrected chi connectivity index (χ1v) is 10.6. The molecule has 0 aromatic heterocycles. The Morgan fingerprint density at radius 3 is 2.42 bits per heavy atom. The number of halogens is 3. The molecule has 31 heavy (non-hydrogen) atoms. The number of carbonyl (C=O) groups excluding carboxylic acids is 2. The van der Waals surface area contributed by atoms with E-state index in [0.717, 1.165) is 17.7 Å². The molecule has 3 amide bonds. The minimum Gasteiger partial charge on any atom is -0.366 e. The molecule has 10 heteroatoms. The number of hydrogen-bond acceptors (Lipinski definition) is 4. The lowest BCUT2D eigenvalue weighted by atomic mass is 10.0. The summed E-state index contributed by atoms with van der Waals surface area (Å²) >= 11 is 0. The number of ether oxygens (including phenoxy) is 1. The van der Waals surface area contributed by atoms with Gasteiger partial charge in [0.25, 0.3) is 0 Å². The van der Waals surface area contributed by atoms with Crippen molar-refractivity contribution in [2.75, 3.05) is 45.9 Å².